The summed E-state index contributed by atoms with van der Waals surface area (Å²) in [7, 11) is 0. The van der Waals surface area contributed by atoms with Gasteiger partial charge in [0.05, 0.1) is 0 Å². The third kappa shape index (κ3) is 3.18. The van der Waals surface area contributed by atoms with Crippen LogP contribution in [0.3, 0.4) is 0 Å². The minimum atomic E-state index is -0.138. The van der Waals surface area contributed by atoms with Crippen molar-refractivity contribution >= 4 is 11.3 Å². The van der Waals surface area contributed by atoms with E-state index < -0.39 is 0 Å². The van der Waals surface area contributed by atoms with E-state index >= 15 is 0 Å². The first kappa shape index (κ1) is 13.2. The molecule has 1 N–H and O–H groups in total. The van der Waals surface area contributed by atoms with Crippen molar-refractivity contribution in [3.05, 3.63) is 57.0 Å². The van der Waals surface area contributed by atoms with Crippen LogP contribution >= 0.6 is 11.3 Å². The first-order valence-corrected chi connectivity index (χ1v) is 6.92. The van der Waals surface area contributed by atoms with E-state index in [0.29, 0.717) is 11.6 Å². The fraction of sp³-hybridized carbons (Fsp3) is 0.333. The first-order chi connectivity index (χ1) is 8.56. The van der Waals surface area contributed by atoms with Gasteiger partial charge in [-0.2, -0.15) is 0 Å². The van der Waals surface area contributed by atoms with Crippen molar-refractivity contribution in [3.63, 3.8) is 0 Å². The van der Waals surface area contributed by atoms with Crippen LogP contribution in [0, 0.1) is 19.7 Å². The molecule has 18 heavy (non-hydrogen) atoms. The monoisotopic (exact) mass is 263 g/mol. The van der Waals surface area contributed by atoms with E-state index in [4.69, 9.17) is 0 Å². The Hall–Kier alpha value is -1.19. The van der Waals surface area contributed by atoms with Crippen LogP contribution in [0.15, 0.2) is 30.3 Å². The molecule has 0 aliphatic rings. The molecule has 0 saturated carbocycles. The van der Waals surface area contributed by atoms with E-state index in [1.807, 2.05) is 23.5 Å². The van der Waals surface area contributed by atoms with Crippen LogP contribution in [-0.2, 0) is 6.54 Å². The van der Waals surface area contributed by atoms with Gasteiger partial charge in [-0.3, -0.25) is 0 Å². The number of hydrogen-bond acceptors (Lipinski definition) is 2. The second kappa shape index (κ2) is 5.63. The van der Waals surface area contributed by atoms with Crippen LogP contribution in [0.2, 0.25) is 0 Å². The van der Waals surface area contributed by atoms with Crippen LogP contribution in [0.4, 0.5) is 4.39 Å². The minimum Gasteiger partial charge on any atom is -0.305 e. The van der Waals surface area contributed by atoms with Crippen molar-refractivity contribution in [2.24, 2.45) is 0 Å². The molecule has 1 aromatic carbocycles. The second-order valence-electron chi connectivity index (χ2n) is 4.63. The maximum atomic E-state index is 13.1. The number of rotatable bonds is 4. The van der Waals surface area contributed by atoms with Crippen molar-refractivity contribution < 1.29 is 4.39 Å². The molecule has 2 aromatic rings. The molecule has 1 aromatic heterocycles. The molecule has 1 heterocycles. The molecule has 0 saturated heterocycles. The Balaban J connectivity index is 1.97. The van der Waals surface area contributed by atoms with Crippen LogP contribution in [0.5, 0.6) is 0 Å². The summed E-state index contributed by atoms with van der Waals surface area (Å²) in [5.41, 5.74) is 1.82. The summed E-state index contributed by atoms with van der Waals surface area (Å²) >= 11 is 1.81. The molecule has 1 atom stereocenters. The zero-order chi connectivity index (χ0) is 13.1. The molecule has 0 aliphatic heterocycles. The molecular weight excluding hydrogens is 245 g/mol. The summed E-state index contributed by atoms with van der Waals surface area (Å²) < 4.78 is 13.1. The summed E-state index contributed by atoms with van der Waals surface area (Å²) in [4.78, 5) is 2.67. The van der Waals surface area contributed by atoms with Gasteiger partial charge in [-0.05, 0) is 50.1 Å². The Labute approximate surface area is 112 Å². The summed E-state index contributed by atoms with van der Waals surface area (Å²) in [6.45, 7) is 6.83. The van der Waals surface area contributed by atoms with Crippen LogP contribution in [-0.4, -0.2) is 0 Å². The van der Waals surface area contributed by atoms with Gasteiger partial charge >= 0.3 is 0 Å². The Morgan fingerprint density at radius 3 is 2.61 bits per heavy atom. The van der Waals surface area contributed by atoms with Gasteiger partial charge < -0.3 is 5.32 Å². The van der Waals surface area contributed by atoms with E-state index in [2.05, 4.69) is 31.3 Å². The van der Waals surface area contributed by atoms with Crippen molar-refractivity contribution in [2.75, 3.05) is 0 Å². The van der Waals surface area contributed by atoms with E-state index in [1.54, 1.807) is 6.92 Å². The molecule has 0 bridgehead atoms. The third-order valence-electron chi connectivity index (χ3n) is 3.02. The lowest BCUT2D eigenvalue weighted by Gasteiger charge is -2.12. The fourth-order valence-corrected chi connectivity index (χ4v) is 2.78. The molecule has 0 spiro atoms. The topological polar surface area (TPSA) is 12.0 Å². The van der Waals surface area contributed by atoms with Gasteiger partial charge in [0, 0.05) is 22.3 Å². The summed E-state index contributed by atoms with van der Waals surface area (Å²) in [5, 5.41) is 3.46. The number of benzene rings is 1. The number of nitrogens with one attached hydrogen (secondary N) is 1. The largest absolute Gasteiger partial charge is 0.305 e. The molecule has 0 fully saturated rings. The lowest BCUT2D eigenvalue weighted by molar-refractivity contribution is 0.579. The number of halogens is 1. The zero-order valence-electron chi connectivity index (χ0n) is 11.0. The van der Waals surface area contributed by atoms with Gasteiger partial charge in [-0.15, -0.1) is 11.3 Å². The molecule has 1 unspecified atom stereocenters. The van der Waals surface area contributed by atoms with Gasteiger partial charge in [0.15, 0.2) is 0 Å². The second-order valence-corrected chi connectivity index (χ2v) is 5.95. The van der Waals surface area contributed by atoms with Crippen LogP contribution in [0.25, 0.3) is 0 Å². The predicted molar refractivity (Wildman–Crippen MR) is 75.4 cm³/mol. The lowest BCUT2D eigenvalue weighted by atomic mass is 10.1. The molecule has 0 radical (unpaired) electrons. The fourth-order valence-electron chi connectivity index (χ4n) is 1.87. The molecule has 1 nitrogen and oxygen atoms in total. The van der Waals surface area contributed by atoms with Crippen molar-refractivity contribution in [3.8, 4) is 0 Å². The average Bonchev–Trinajstić information content (AvgIpc) is 2.77. The number of aryl methyl sites for hydroxylation is 2. The van der Waals surface area contributed by atoms with Gasteiger partial charge in [0.25, 0.3) is 0 Å². The number of hydrogen-bond donors (Lipinski definition) is 1. The Bertz CT molecular complexity index is 533. The smallest absolute Gasteiger partial charge is 0.126 e. The van der Waals surface area contributed by atoms with E-state index in [9.17, 15) is 4.39 Å². The quantitative estimate of drug-likeness (QED) is 0.864. The van der Waals surface area contributed by atoms with E-state index in [-0.39, 0.29) is 5.82 Å². The lowest BCUT2D eigenvalue weighted by Crippen LogP contribution is -2.17. The van der Waals surface area contributed by atoms with Crippen molar-refractivity contribution in [2.45, 2.75) is 33.4 Å². The molecule has 96 valence electrons. The van der Waals surface area contributed by atoms with Gasteiger partial charge in [0.1, 0.15) is 5.82 Å². The van der Waals surface area contributed by atoms with Crippen LogP contribution < -0.4 is 5.32 Å². The summed E-state index contributed by atoms with van der Waals surface area (Å²) in [5.74, 6) is -0.138. The summed E-state index contributed by atoms with van der Waals surface area (Å²) in [6.07, 6.45) is 0. The summed E-state index contributed by atoms with van der Waals surface area (Å²) in [6, 6.07) is 9.89. The van der Waals surface area contributed by atoms with Gasteiger partial charge in [-0.25, -0.2) is 4.39 Å². The SMILES string of the molecule is Cc1ccc(C(C)NCc2ccc(F)c(C)c2)s1. The molecule has 0 amide bonds. The van der Waals surface area contributed by atoms with Crippen molar-refractivity contribution in [1.29, 1.82) is 0 Å². The first-order valence-electron chi connectivity index (χ1n) is 6.11. The normalized spacial score (nSPS) is 12.7. The maximum Gasteiger partial charge on any atom is 0.126 e. The van der Waals surface area contributed by atoms with Crippen LogP contribution in [0.1, 0.15) is 33.8 Å². The van der Waals surface area contributed by atoms with E-state index in [0.717, 1.165) is 12.1 Å². The molecular formula is C15H18FNS. The molecule has 3 heteroatoms. The van der Waals surface area contributed by atoms with Gasteiger partial charge in [0.2, 0.25) is 0 Å². The highest BCUT2D eigenvalue weighted by atomic mass is 32.1. The standard InChI is InChI=1S/C15H18FNS/c1-10-8-13(5-6-14(10)16)9-17-12(3)15-7-4-11(2)18-15/h4-8,12,17H,9H2,1-3H3. The van der Waals surface area contributed by atoms with E-state index in [1.165, 1.54) is 15.8 Å². The minimum absolute atomic E-state index is 0.138. The van der Waals surface area contributed by atoms with Gasteiger partial charge in [-0.1, -0.05) is 12.1 Å². The Morgan fingerprint density at radius 1 is 1.22 bits per heavy atom. The zero-order valence-corrected chi connectivity index (χ0v) is 11.8. The Kier molecular flexibility index (Phi) is 4.15. The molecule has 2 rings (SSSR count). The highest BCUT2D eigenvalue weighted by molar-refractivity contribution is 7.12. The predicted octanol–water partition coefficient (Wildman–Crippen LogP) is 4.35. The highest BCUT2D eigenvalue weighted by Gasteiger charge is 2.07. The average molecular weight is 263 g/mol. The maximum absolute atomic E-state index is 13.1. The Morgan fingerprint density at radius 2 is 2.00 bits per heavy atom. The third-order valence-corrected chi connectivity index (χ3v) is 4.21. The van der Waals surface area contributed by atoms with Crippen molar-refractivity contribution in [1.82, 2.24) is 5.32 Å². The molecule has 0 aliphatic carbocycles. The number of thiophene rings is 1. The highest BCUT2D eigenvalue weighted by Crippen LogP contribution is 2.22.